The molecule has 1 fully saturated rings. The number of nitrogens with one attached hydrogen (secondary N) is 1. The third-order valence-corrected chi connectivity index (χ3v) is 2.72. The molecule has 6 heteroatoms. The number of hydrogen-bond acceptors (Lipinski definition) is 3. The number of β-amino-alcohol motifs (C(OH)–C–C–N with tert-alkyl or cyclic N) is 1. The molecule has 15 heavy (non-hydrogen) atoms. The highest BCUT2D eigenvalue weighted by Gasteiger charge is 2.40. The van der Waals surface area contributed by atoms with E-state index in [1.807, 2.05) is 0 Å². The van der Waals surface area contributed by atoms with E-state index in [1.165, 1.54) is 0 Å². The lowest BCUT2D eigenvalue weighted by Crippen LogP contribution is -2.45. The van der Waals surface area contributed by atoms with Gasteiger partial charge in [0.25, 0.3) is 0 Å². The van der Waals surface area contributed by atoms with Gasteiger partial charge in [-0.3, -0.25) is 4.90 Å². The molecule has 0 aromatic rings. The molecule has 2 N–H and O–H groups in total. The second-order valence-corrected chi connectivity index (χ2v) is 3.91. The van der Waals surface area contributed by atoms with E-state index in [4.69, 9.17) is 5.11 Å². The Labute approximate surface area is 87.3 Å². The minimum Gasteiger partial charge on any atom is -0.382 e. The highest BCUT2D eigenvalue weighted by Crippen LogP contribution is 2.24. The molecule has 2 atom stereocenters. The predicted octanol–water partition coefficient (Wildman–Crippen LogP) is 0.593. The van der Waals surface area contributed by atoms with Gasteiger partial charge in [0.05, 0.1) is 0 Å². The van der Waals surface area contributed by atoms with E-state index in [0.717, 1.165) is 12.8 Å². The van der Waals surface area contributed by atoms with Crippen LogP contribution in [0, 0.1) is 0 Å². The molecule has 0 aromatic carbocycles. The fraction of sp³-hybridized carbons (Fsp3) is 1.00. The summed E-state index contributed by atoms with van der Waals surface area (Å²) in [6, 6.07) is 0.118. The normalized spacial score (nSPS) is 25.8. The zero-order valence-electron chi connectivity index (χ0n) is 8.72. The number of halogens is 3. The third kappa shape index (κ3) is 3.62. The maximum Gasteiger partial charge on any atom is 0.415 e. The summed E-state index contributed by atoms with van der Waals surface area (Å²) in [6.07, 6.45) is -4.94. The van der Waals surface area contributed by atoms with E-state index < -0.39 is 12.3 Å². The van der Waals surface area contributed by atoms with Gasteiger partial charge in [-0.2, -0.15) is 13.2 Å². The number of aliphatic hydroxyl groups is 1. The standard InChI is InChI=1S/C9H17F3N2O/c1-13-5-7-3-2-4-14(7)6-8(15)9(10,11)12/h7-8,13,15H,2-6H2,1H3. The number of likely N-dealkylation sites (N-methyl/N-ethyl adjacent to an activating group) is 1. The first kappa shape index (κ1) is 12.7. The summed E-state index contributed by atoms with van der Waals surface area (Å²) < 4.78 is 36.4. The van der Waals surface area contributed by atoms with Gasteiger partial charge in [-0.1, -0.05) is 0 Å². The Morgan fingerprint density at radius 2 is 2.20 bits per heavy atom. The largest absolute Gasteiger partial charge is 0.415 e. The Balaban J connectivity index is 2.43. The van der Waals surface area contributed by atoms with E-state index in [9.17, 15) is 13.2 Å². The summed E-state index contributed by atoms with van der Waals surface area (Å²) in [4.78, 5) is 1.70. The highest BCUT2D eigenvalue weighted by atomic mass is 19.4. The third-order valence-electron chi connectivity index (χ3n) is 2.72. The summed E-state index contributed by atoms with van der Waals surface area (Å²) in [6.45, 7) is 1.000. The molecule has 1 aliphatic heterocycles. The van der Waals surface area contributed by atoms with E-state index in [1.54, 1.807) is 11.9 Å². The summed E-state index contributed by atoms with van der Waals surface area (Å²) in [5.41, 5.74) is 0. The summed E-state index contributed by atoms with van der Waals surface area (Å²) in [5.74, 6) is 0. The van der Waals surface area contributed by atoms with Crippen molar-refractivity contribution in [3.63, 3.8) is 0 Å². The SMILES string of the molecule is CNCC1CCCN1CC(O)C(F)(F)F. The molecule has 0 saturated carbocycles. The van der Waals surface area contributed by atoms with Crippen molar-refractivity contribution in [2.24, 2.45) is 0 Å². The summed E-state index contributed by atoms with van der Waals surface area (Å²) in [5, 5.41) is 11.9. The zero-order valence-corrected chi connectivity index (χ0v) is 8.72. The van der Waals surface area contributed by atoms with E-state index in [0.29, 0.717) is 13.1 Å². The Morgan fingerprint density at radius 1 is 1.53 bits per heavy atom. The van der Waals surface area contributed by atoms with Gasteiger partial charge in [-0.25, -0.2) is 0 Å². The molecule has 1 saturated heterocycles. The van der Waals surface area contributed by atoms with Crippen LogP contribution in [0.25, 0.3) is 0 Å². The van der Waals surface area contributed by atoms with Crippen molar-refractivity contribution in [2.75, 3.05) is 26.7 Å². The number of likely N-dealkylation sites (tertiary alicyclic amines) is 1. The van der Waals surface area contributed by atoms with Crippen molar-refractivity contribution in [1.29, 1.82) is 0 Å². The second kappa shape index (κ2) is 5.14. The van der Waals surface area contributed by atoms with Crippen molar-refractivity contribution >= 4 is 0 Å². The maximum absolute atomic E-state index is 12.1. The molecular weight excluding hydrogens is 209 g/mol. The van der Waals surface area contributed by atoms with Crippen LogP contribution in [-0.4, -0.2) is 55.0 Å². The van der Waals surface area contributed by atoms with Gasteiger partial charge < -0.3 is 10.4 Å². The Hall–Kier alpha value is -0.330. The average molecular weight is 226 g/mol. The summed E-state index contributed by atoms with van der Waals surface area (Å²) >= 11 is 0. The fourth-order valence-electron chi connectivity index (χ4n) is 1.93. The topological polar surface area (TPSA) is 35.5 Å². The van der Waals surface area contributed by atoms with Crippen LogP contribution in [0.1, 0.15) is 12.8 Å². The molecule has 2 unspecified atom stereocenters. The van der Waals surface area contributed by atoms with E-state index in [2.05, 4.69) is 5.32 Å². The first-order valence-electron chi connectivity index (χ1n) is 5.08. The van der Waals surface area contributed by atoms with E-state index >= 15 is 0 Å². The minimum atomic E-state index is -4.51. The molecule has 0 spiro atoms. The van der Waals surface area contributed by atoms with Crippen LogP contribution in [0.4, 0.5) is 13.2 Å². The lowest BCUT2D eigenvalue weighted by Gasteiger charge is -2.27. The lowest BCUT2D eigenvalue weighted by molar-refractivity contribution is -0.208. The molecule has 0 bridgehead atoms. The van der Waals surface area contributed by atoms with Crippen molar-refractivity contribution < 1.29 is 18.3 Å². The molecule has 0 aliphatic carbocycles. The van der Waals surface area contributed by atoms with Gasteiger partial charge in [-0.05, 0) is 26.4 Å². The van der Waals surface area contributed by atoms with Gasteiger partial charge in [0.2, 0.25) is 0 Å². The molecule has 90 valence electrons. The first-order chi connectivity index (χ1) is 6.95. The van der Waals surface area contributed by atoms with Crippen molar-refractivity contribution in [2.45, 2.75) is 31.2 Å². The zero-order chi connectivity index (χ0) is 11.5. The van der Waals surface area contributed by atoms with Gasteiger partial charge in [0, 0.05) is 19.1 Å². The number of hydrogen-bond donors (Lipinski definition) is 2. The molecular formula is C9H17F3N2O. The van der Waals surface area contributed by atoms with Crippen LogP contribution in [0.2, 0.25) is 0 Å². The number of rotatable bonds is 4. The van der Waals surface area contributed by atoms with Gasteiger partial charge in [0.1, 0.15) is 0 Å². The fourth-order valence-corrected chi connectivity index (χ4v) is 1.93. The first-order valence-corrected chi connectivity index (χ1v) is 5.08. The van der Waals surface area contributed by atoms with Crippen LogP contribution in [0.15, 0.2) is 0 Å². The molecule has 1 heterocycles. The summed E-state index contributed by atoms with van der Waals surface area (Å²) in [7, 11) is 1.77. The molecule has 1 aliphatic rings. The average Bonchev–Trinajstić information content (AvgIpc) is 2.52. The Bertz CT molecular complexity index is 198. The molecule has 0 aromatic heterocycles. The van der Waals surface area contributed by atoms with Gasteiger partial charge in [0.15, 0.2) is 6.10 Å². The molecule has 0 radical (unpaired) electrons. The molecule has 0 amide bonds. The van der Waals surface area contributed by atoms with Crippen LogP contribution in [0.3, 0.4) is 0 Å². The van der Waals surface area contributed by atoms with Crippen molar-refractivity contribution in [3.05, 3.63) is 0 Å². The van der Waals surface area contributed by atoms with Crippen molar-refractivity contribution in [1.82, 2.24) is 10.2 Å². The van der Waals surface area contributed by atoms with Gasteiger partial charge >= 0.3 is 6.18 Å². The molecule has 1 rings (SSSR count). The van der Waals surface area contributed by atoms with Crippen LogP contribution >= 0.6 is 0 Å². The van der Waals surface area contributed by atoms with Crippen molar-refractivity contribution in [3.8, 4) is 0 Å². The molecule has 3 nitrogen and oxygen atoms in total. The van der Waals surface area contributed by atoms with Crippen LogP contribution in [0.5, 0.6) is 0 Å². The highest BCUT2D eigenvalue weighted by molar-refractivity contribution is 4.83. The maximum atomic E-state index is 12.1. The lowest BCUT2D eigenvalue weighted by atomic mass is 10.2. The number of aliphatic hydroxyl groups excluding tert-OH is 1. The predicted molar refractivity (Wildman–Crippen MR) is 50.6 cm³/mol. The van der Waals surface area contributed by atoms with Gasteiger partial charge in [-0.15, -0.1) is 0 Å². The van der Waals surface area contributed by atoms with Crippen LogP contribution < -0.4 is 5.32 Å². The Morgan fingerprint density at radius 3 is 2.73 bits per heavy atom. The minimum absolute atomic E-state index is 0.118. The smallest absolute Gasteiger partial charge is 0.382 e. The number of nitrogens with zero attached hydrogens (tertiary/aromatic N) is 1. The van der Waals surface area contributed by atoms with Crippen LogP contribution in [-0.2, 0) is 0 Å². The second-order valence-electron chi connectivity index (χ2n) is 3.91. The Kier molecular flexibility index (Phi) is 4.36. The quantitative estimate of drug-likeness (QED) is 0.736. The number of alkyl halides is 3. The van der Waals surface area contributed by atoms with E-state index in [-0.39, 0.29) is 12.6 Å². The monoisotopic (exact) mass is 226 g/mol.